The summed E-state index contributed by atoms with van der Waals surface area (Å²) >= 11 is 0. The summed E-state index contributed by atoms with van der Waals surface area (Å²) in [6.07, 6.45) is 2.72. The molecule has 138 valence electrons. The van der Waals surface area contributed by atoms with Crippen LogP contribution in [0.2, 0.25) is 0 Å². The van der Waals surface area contributed by atoms with Crippen molar-refractivity contribution < 1.29 is 14.7 Å². The summed E-state index contributed by atoms with van der Waals surface area (Å²) in [5.41, 5.74) is 2.61. The van der Waals surface area contributed by atoms with Gasteiger partial charge in [0.1, 0.15) is 5.82 Å². The van der Waals surface area contributed by atoms with Gasteiger partial charge in [0.15, 0.2) is 0 Å². The Morgan fingerprint density at radius 1 is 1.07 bits per heavy atom. The molecule has 0 aliphatic carbocycles. The molecule has 1 amide bonds. The molecule has 1 saturated heterocycles. The van der Waals surface area contributed by atoms with E-state index in [0.717, 1.165) is 36.1 Å². The number of rotatable bonds is 4. The minimum absolute atomic E-state index is 0.0970. The summed E-state index contributed by atoms with van der Waals surface area (Å²) < 4.78 is 0. The van der Waals surface area contributed by atoms with Crippen molar-refractivity contribution in [3.8, 4) is 0 Å². The molecule has 27 heavy (non-hydrogen) atoms. The first-order valence-electron chi connectivity index (χ1n) is 9.16. The molecule has 2 heterocycles. The van der Waals surface area contributed by atoms with Crippen LogP contribution in [0, 0.1) is 5.92 Å². The Balaban J connectivity index is 1.37. The highest BCUT2D eigenvalue weighted by Crippen LogP contribution is 2.23. The summed E-state index contributed by atoms with van der Waals surface area (Å²) in [4.78, 5) is 33.6. The number of carboxylic acid groups (broad SMARTS) is 1. The van der Waals surface area contributed by atoms with Gasteiger partial charge in [-0.2, -0.15) is 0 Å². The van der Waals surface area contributed by atoms with E-state index in [1.165, 1.54) is 12.1 Å². The molecule has 0 radical (unpaired) electrons. The molecule has 1 aliphatic rings. The fourth-order valence-corrected chi connectivity index (χ4v) is 3.68. The van der Waals surface area contributed by atoms with Gasteiger partial charge in [0.2, 0.25) is 0 Å². The molecule has 6 heteroatoms. The van der Waals surface area contributed by atoms with Crippen molar-refractivity contribution in [2.75, 3.05) is 13.1 Å². The predicted octanol–water partition coefficient (Wildman–Crippen LogP) is 3.36. The normalized spacial score (nSPS) is 15.2. The number of piperidine rings is 1. The van der Waals surface area contributed by atoms with E-state index in [-0.39, 0.29) is 11.5 Å². The number of amides is 1. The molecule has 0 atom stereocenters. The van der Waals surface area contributed by atoms with Crippen molar-refractivity contribution in [1.29, 1.82) is 0 Å². The van der Waals surface area contributed by atoms with Crippen LogP contribution in [0.5, 0.6) is 0 Å². The number of aromatic nitrogens is 2. The van der Waals surface area contributed by atoms with Crippen LogP contribution in [0.15, 0.2) is 48.5 Å². The number of fused-ring (bicyclic) bond motifs is 1. The molecule has 4 rings (SSSR count). The average Bonchev–Trinajstić information content (AvgIpc) is 3.10. The van der Waals surface area contributed by atoms with Crippen molar-refractivity contribution in [2.45, 2.75) is 19.3 Å². The van der Waals surface area contributed by atoms with Crippen LogP contribution in [0.3, 0.4) is 0 Å². The molecular weight excluding hydrogens is 342 g/mol. The maximum atomic E-state index is 12.7. The molecule has 3 aromatic rings. The largest absolute Gasteiger partial charge is 0.478 e. The smallest absolute Gasteiger partial charge is 0.335 e. The summed E-state index contributed by atoms with van der Waals surface area (Å²) in [5.74, 6) is 0.365. The van der Waals surface area contributed by atoms with Gasteiger partial charge in [-0.25, -0.2) is 9.78 Å². The Labute approximate surface area is 156 Å². The SMILES string of the molecule is O=C(O)c1cccc(C(=O)N2CCC(Cc3nc4ccccc4[nH]3)CC2)c1. The van der Waals surface area contributed by atoms with Crippen LogP contribution in [0.1, 0.15) is 39.4 Å². The Hall–Kier alpha value is -3.15. The van der Waals surface area contributed by atoms with E-state index < -0.39 is 5.97 Å². The Kier molecular flexibility index (Phi) is 4.62. The Bertz CT molecular complexity index is 954. The molecule has 1 aromatic heterocycles. The number of imidazole rings is 1. The van der Waals surface area contributed by atoms with Crippen molar-refractivity contribution in [2.24, 2.45) is 5.92 Å². The highest BCUT2D eigenvalue weighted by molar-refractivity contribution is 5.97. The van der Waals surface area contributed by atoms with Crippen molar-refractivity contribution in [1.82, 2.24) is 14.9 Å². The number of nitrogens with one attached hydrogen (secondary N) is 1. The fourth-order valence-electron chi connectivity index (χ4n) is 3.68. The van der Waals surface area contributed by atoms with E-state index in [2.05, 4.69) is 9.97 Å². The first-order valence-corrected chi connectivity index (χ1v) is 9.16. The average molecular weight is 363 g/mol. The van der Waals surface area contributed by atoms with E-state index in [0.29, 0.717) is 24.6 Å². The molecule has 2 aromatic carbocycles. The number of H-pyrrole nitrogens is 1. The molecular formula is C21H21N3O3. The van der Waals surface area contributed by atoms with Gasteiger partial charge < -0.3 is 15.0 Å². The van der Waals surface area contributed by atoms with Crippen LogP contribution >= 0.6 is 0 Å². The van der Waals surface area contributed by atoms with Gasteiger partial charge in [-0.3, -0.25) is 4.79 Å². The minimum atomic E-state index is -1.02. The number of nitrogens with zero attached hydrogens (tertiary/aromatic N) is 2. The predicted molar refractivity (Wildman–Crippen MR) is 102 cm³/mol. The quantitative estimate of drug-likeness (QED) is 0.744. The third-order valence-electron chi connectivity index (χ3n) is 5.18. The summed E-state index contributed by atoms with van der Waals surface area (Å²) in [6, 6.07) is 14.2. The van der Waals surface area contributed by atoms with E-state index in [1.54, 1.807) is 12.1 Å². The van der Waals surface area contributed by atoms with Crippen LogP contribution in [0.25, 0.3) is 11.0 Å². The number of carboxylic acids is 1. The summed E-state index contributed by atoms with van der Waals surface area (Å²) in [7, 11) is 0. The lowest BCUT2D eigenvalue weighted by Crippen LogP contribution is -2.39. The molecule has 0 spiro atoms. The van der Waals surface area contributed by atoms with E-state index in [9.17, 15) is 9.59 Å². The standard InChI is InChI=1S/C21H21N3O3/c25-20(15-4-3-5-16(13-15)21(26)27)24-10-8-14(9-11-24)12-19-22-17-6-1-2-7-18(17)23-19/h1-7,13-14H,8-12H2,(H,22,23)(H,26,27). The van der Waals surface area contributed by atoms with E-state index >= 15 is 0 Å². The first kappa shape index (κ1) is 17.3. The minimum Gasteiger partial charge on any atom is -0.478 e. The lowest BCUT2D eigenvalue weighted by atomic mass is 9.93. The number of hydrogen-bond donors (Lipinski definition) is 2. The summed E-state index contributed by atoms with van der Waals surface area (Å²) in [6.45, 7) is 1.36. The van der Waals surface area contributed by atoms with Gasteiger partial charge in [0, 0.05) is 25.1 Å². The molecule has 1 fully saturated rings. The number of aromatic amines is 1. The van der Waals surface area contributed by atoms with E-state index in [1.807, 2.05) is 29.2 Å². The van der Waals surface area contributed by atoms with Gasteiger partial charge in [0.25, 0.3) is 5.91 Å². The second kappa shape index (κ2) is 7.23. The second-order valence-corrected chi connectivity index (χ2v) is 7.03. The number of likely N-dealkylation sites (tertiary alicyclic amines) is 1. The molecule has 1 aliphatic heterocycles. The number of hydrogen-bond acceptors (Lipinski definition) is 3. The van der Waals surface area contributed by atoms with E-state index in [4.69, 9.17) is 5.11 Å². The molecule has 0 bridgehead atoms. The van der Waals surface area contributed by atoms with Crippen LogP contribution in [-0.4, -0.2) is 44.9 Å². The van der Waals surface area contributed by atoms with Crippen molar-refractivity contribution in [3.05, 3.63) is 65.5 Å². The lowest BCUT2D eigenvalue weighted by molar-refractivity contribution is 0.0690. The Morgan fingerprint density at radius 2 is 1.81 bits per heavy atom. The zero-order valence-electron chi connectivity index (χ0n) is 14.9. The number of aromatic carboxylic acids is 1. The molecule has 0 unspecified atom stereocenters. The maximum Gasteiger partial charge on any atom is 0.335 e. The van der Waals surface area contributed by atoms with Gasteiger partial charge in [-0.05, 0) is 49.1 Å². The third kappa shape index (κ3) is 3.69. The Morgan fingerprint density at radius 3 is 2.56 bits per heavy atom. The number of carbonyl (C=O) groups is 2. The van der Waals surface area contributed by atoms with Crippen molar-refractivity contribution >= 4 is 22.9 Å². The second-order valence-electron chi connectivity index (χ2n) is 7.03. The van der Waals surface area contributed by atoms with Crippen molar-refractivity contribution in [3.63, 3.8) is 0 Å². The molecule has 6 nitrogen and oxygen atoms in total. The van der Waals surface area contributed by atoms with Crippen LogP contribution in [-0.2, 0) is 6.42 Å². The third-order valence-corrected chi connectivity index (χ3v) is 5.18. The monoisotopic (exact) mass is 363 g/mol. The summed E-state index contributed by atoms with van der Waals surface area (Å²) in [5, 5.41) is 9.09. The van der Waals surface area contributed by atoms with Gasteiger partial charge in [-0.15, -0.1) is 0 Å². The maximum absolute atomic E-state index is 12.7. The zero-order valence-corrected chi connectivity index (χ0v) is 14.9. The molecule has 2 N–H and O–H groups in total. The van der Waals surface area contributed by atoms with Gasteiger partial charge >= 0.3 is 5.97 Å². The lowest BCUT2D eigenvalue weighted by Gasteiger charge is -2.31. The highest BCUT2D eigenvalue weighted by Gasteiger charge is 2.25. The van der Waals surface area contributed by atoms with Gasteiger partial charge in [0.05, 0.1) is 16.6 Å². The highest BCUT2D eigenvalue weighted by atomic mass is 16.4. The van der Waals surface area contributed by atoms with Gasteiger partial charge in [-0.1, -0.05) is 18.2 Å². The first-order chi connectivity index (χ1) is 13.1. The zero-order chi connectivity index (χ0) is 18.8. The number of benzene rings is 2. The topological polar surface area (TPSA) is 86.3 Å². The van der Waals surface area contributed by atoms with Crippen LogP contribution < -0.4 is 0 Å². The number of carbonyl (C=O) groups excluding carboxylic acids is 1. The fraction of sp³-hybridized carbons (Fsp3) is 0.286. The molecule has 0 saturated carbocycles. The number of para-hydroxylation sites is 2. The van der Waals surface area contributed by atoms with Crippen LogP contribution in [0.4, 0.5) is 0 Å².